The normalized spacial score (nSPS) is 10.5. The molecular formula is C12H11BrFNO2. The number of furan rings is 1. The van der Waals surface area contributed by atoms with Gasteiger partial charge in [-0.2, -0.15) is 0 Å². The Morgan fingerprint density at radius 3 is 2.88 bits per heavy atom. The van der Waals surface area contributed by atoms with Gasteiger partial charge in [-0.15, -0.1) is 0 Å². The van der Waals surface area contributed by atoms with Crippen molar-refractivity contribution in [2.24, 2.45) is 5.73 Å². The second-order valence-electron chi connectivity index (χ2n) is 3.49. The topological polar surface area (TPSA) is 48.4 Å². The molecule has 0 fully saturated rings. The Morgan fingerprint density at radius 1 is 1.35 bits per heavy atom. The van der Waals surface area contributed by atoms with Gasteiger partial charge in [0.05, 0.1) is 10.7 Å². The smallest absolute Gasteiger partial charge is 0.146 e. The van der Waals surface area contributed by atoms with Crippen LogP contribution in [0.15, 0.2) is 39.4 Å². The van der Waals surface area contributed by atoms with Crippen molar-refractivity contribution < 1.29 is 13.5 Å². The minimum Gasteiger partial charge on any atom is -0.484 e. The Balaban J connectivity index is 2.04. The van der Waals surface area contributed by atoms with Crippen LogP contribution < -0.4 is 10.5 Å². The molecule has 0 unspecified atom stereocenters. The van der Waals surface area contributed by atoms with E-state index in [0.717, 1.165) is 5.56 Å². The zero-order valence-corrected chi connectivity index (χ0v) is 10.5. The molecule has 3 nitrogen and oxygen atoms in total. The Hall–Kier alpha value is -1.33. The Morgan fingerprint density at radius 2 is 2.18 bits per heavy atom. The molecule has 2 N–H and O–H groups in total. The van der Waals surface area contributed by atoms with E-state index in [2.05, 4.69) is 15.9 Å². The molecule has 1 heterocycles. The molecule has 1 aromatic heterocycles. The van der Waals surface area contributed by atoms with Gasteiger partial charge in [-0.25, -0.2) is 4.39 Å². The summed E-state index contributed by atoms with van der Waals surface area (Å²) in [6.45, 7) is 0.662. The highest BCUT2D eigenvalue weighted by Gasteiger charge is 2.05. The van der Waals surface area contributed by atoms with Gasteiger partial charge in [0, 0.05) is 18.2 Å². The van der Waals surface area contributed by atoms with Crippen molar-refractivity contribution >= 4 is 15.9 Å². The minimum absolute atomic E-state index is 0.238. The maximum absolute atomic E-state index is 13.0. The maximum atomic E-state index is 13.0. The fraction of sp³-hybridized carbons (Fsp3) is 0.167. The number of benzene rings is 1. The zero-order valence-electron chi connectivity index (χ0n) is 8.95. The number of nitrogens with two attached hydrogens (primary N) is 1. The van der Waals surface area contributed by atoms with Gasteiger partial charge in [-0.05, 0) is 34.1 Å². The first-order valence-electron chi connectivity index (χ1n) is 5.03. The van der Waals surface area contributed by atoms with Crippen LogP contribution in [0.3, 0.4) is 0 Å². The van der Waals surface area contributed by atoms with Gasteiger partial charge < -0.3 is 14.9 Å². The highest BCUT2D eigenvalue weighted by atomic mass is 79.9. The van der Waals surface area contributed by atoms with E-state index in [0.29, 0.717) is 22.5 Å². The molecule has 2 rings (SSSR count). The fourth-order valence-electron chi connectivity index (χ4n) is 1.35. The van der Waals surface area contributed by atoms with Gasteiger partial charge >= 0.3 is 0 Å². The van der Waals surface area contributed by atoms with E-state index in [4.69, 9.17) is 14.9 Å². The van der Waals surface area contributed by atoms with E-state index in [9.17, 15) is 4.39 Å². The highest BCUT2D eigenvalue weighted by molar-refractivity contribution is 9.10. The average molecular weight is 300 g/mol. The van der Waals surface area contributed by atoms with Crippen LogP contribution in [0.4, 0.5) is 4.39 Å². The molecule has 5 heteroatoms. The second kappa shape index (κ2) is 5.33. The lowest BCUT2D eigenvalue weighted by molar-refractivity contribution is 0.267. The van der Waals surface area contributed by atoms with Crippen molar-refractivity contribution in [3.63, 3.8) is 0 Å². The van der Waals surface area contributed by atoms with Crippen LogP contribution in [-0.4, -0.2) is 0 Å². The number of halogens is 2. The van der Waals surface area contributed by atoms with Crippen molar-refractivity contribution in [2.45, 2.75) is 13.2 Å². The Labute approximate surface area is 106 Å². The van der Waals surface area contributed by atoms with Crippen molar-refractivity contribution in [3.05, 3.63) is 52.1 Å². The third-order valence-electron chi connectivity index (χ3n) is 2.21. The van der Waals surface area contributed by atoms with Gasteiger partial charge in [-0.1, -0.05) is 0 Å². The van der Waals surface area contributed by atoms with E-state index >= 15 is 0 Å². The van der Waals surface area contributed by atoms with Crippen LogP contribution in [0, 0.1) is 5.82 Å². The summed E-state index contributed by atoms with van der Waals surface area (Å²) in [5.74, 6) is 0.752. The molecular weight excluding hydrogens is 289 g/mol. The van der Waals surface area contributed by atoms with Gasteiger partial charge in [0.25, 0.3) is 0 Å². The molecule has 0 bridgehead atoms. The van der Waals surface area contributed by atoms with Crippen molar-refractivity contribution in [2.75, 3.05) is 0 Å². The zero-order chi connectivity index (χ0) is 12.3. The van der Waals surface area contributed by atoms with Crippen LogP contribution in [0.2, 0.25) is 0 Å². The van der Waals surface area contributed by atoms with Gasteiger partial charge in [-0.3, -0.25) is 0 Å². The summed E-state index contributed by atoms with van der Waals surface area (Å²) in [6, 6.07) is 6.08. The molecule has 17 heavy (non-hydrogen) atoms. The first kappa shape index (κ1) is 12.1. The van der Waals surface area contributed by atoms with Gasteiger partial charge in [0.15, 0.2) is 0 Å². The molecule has 0 atom stereocenters. The summed E-state index contributed by atoms with van der Waals surface area (Å²) in [7, 11) is 0. The average Bonchev–Trinajstić information content (AvgIpc) is 2.78. The third kappa shape index (κ3) is 3.08. The van der Waals surface area contributed by atoms with Crippen LogP contribution in [0.1, 0.15) is 11.3 Å². The number of hydrogen-bond donors (Lipinski definition) is 1. The van der Waals surface area contributed by atoms with E-state index in [-0.39, 0.29) is 12.4 Å². The molecule has 90 valence electrons. The van der Waals surface area contributed by atoms with E-state index in [1.54, 1.807) is 12.3 Å². The lowest BCUT2D eigenvalue weighted by Gasteiger charge is -2.06. The maximum Gasteiger partial charge on any atom is 0.146 e. The molecule has 2 aromatic rings. The summed E-state index contributed by atoms with van der Waals surface area (Å²) >= 11 is 3.28. The van der Waals surface area contributed by atoms with Crippen LogP contribution in [0.25, 0.3) is 0 Å². The number of ether oxygens (including phenoxy) is 1. The second-order valence-corrected chi connectivity index (χ2v) is 4.34. The van der Waals surface area contributed by atoms with E-state index in [1.807, 2.05) is 6.07 Å². The molecule has 0 saturated carbocycles. The molecule has 0 radical (unpaired) electrons. The van der Waals surface area contributed by atoms with Gasteiger partial charge in [0.1, 0.15) is 23.9 Å². The van der Waals surface area contributed by atoms with Crippen LogP contribution in [0.5, 0.6) is 5.75 Å². The standard InChI is InChI=1S/C12H11BrFNO2/c13-11-2-1-9(14)4-12(11)17-7-10-3-8(5-15)6-16-10/h1-4,6H,5,7,15H2. The molecule has 0 amide bonds. The lowest BCUT2D eigenvalue weighted by atomic mass is 10.3. The predicted molar refractivity (Wildman–Crippen MR) is 65.0 cm³/mol. The van der Waals surface area contributed by atoms with Crippen molar-refractivity contribution in [1.82, 2.24) is 0 Å². The first-order chi connectivity index (χ1) is 8.19. The minimum atomic E-state index is -0.342. The van der Waals surface area contributed by atoms with Gasteiger partial charge in [0.2, 0.25) is 0 Å². The summed E-state index contributed by atoms with van der Waals surface area (Å²) in [5, 5.41) is 0. The molecule has 0 spiro atoms. The third-order valence-corrected chi connectivity index (χ3v) is 2.86. The predicted octanol–water partition coefficient (Wildman–Crippen LogP) is 3.22. The van der Waals surface area contributed by atoms with E-state index < -0.39 is 0 Å². The quantitative estimate of drug-likeness (QED) is 0.943. The monoisotopic (exact) mass is 299 g/mol. The molecule has 1 aromatic carbocycles. The summed E-state index contributed by atoms with van der Waals surface area (Å²) < 4.78 is 24.4. The largest absolute Gasteiger partial charge is 0.484 e. The van der Waals surface area contributed by atoms with E-state index in [1.165, 1.54) is 12.1 Å². The van der Waals surface area contributed by atoms with Crippen LogP contribution in [-0.2, 0) is 13.2 Å². The van der Waals surface area contributed by atoms with Crippen LogP contribution >= 0.6 is 15.9 Å². The molecule has 0 aliphatic rings. The molecule has 0 saturated heterocycles. The molecule has 0 aliphatic heterocycles. The lowest BCUT2D eigenvalue weighted by Crippen LogP contribution is -1.96. The number of rotatable bonds is 4. The fourth-order valence-corrected chi connectivity index (χ4v) is 1.71. The summed E-state index contributed by atoms with van der Waals surface area (Å²) in [5.41, 5.74) is 6.36. The van der Waals surface area contributed by atoms with Crippen molar-refractivity contribution in [1.29, 1.82) is 0 Å². The SMILES string of the molecule is NCc1coc(COc2cc(F)ccc2Br)c1. The highest BCUT2D eigenvalue weighted by Crippen LogP contribution is 2.26. The summed E-state index contributed by atoms with van der Waals surface area (Å²) in [6.07, 6.45) is 1.58. The summed E-state index contributed by atoms with van der Waals surface area (Å²) in [4.78, 5) is 0. The molecule has 0 aliphatic carbocycles. The van der Waals surface area contributed by atoms with Crippen molar-refractivity contribution in [3.8, 4) is 5.75 Å². The Bertz CT molecular complexity index is 513. The first-order valence-corrected chi connectivity index (χ1v) is 5.82. The Kier molecular flexibility index (Phi) is 3.81. The number of hydrogen-bond acceptors (Lipinski definition) is 3.